The van der Waals surface area contributed by atoms with E-state index in [4.69, 9.17) is 15.0 Å². The highest BCUT2D eigenvalue weighted by atomic mass is 15.0. The highest BCUT2D eigenvalue weighted by molar-refractivity contribution is 5.84. The Morgan fingerprint density at radius 2 is 0.956 bits per heavy atom. The minimum Gasteiger partial charge on any atom is -0.264 e. The van der Waals surface area contributed by atoms with E-state index in [9.17, 15) is 0 Å². The Morgan fingerprint density at radius 1 is 0.400 bits per heavy atom. The average Bonchev–Trinajstić information content (AvgIpc) is 3.34. The molecule has 4 nitrogen and oxygen atoms in total. The second kappa shape index (κ2) is 10.8. The van der Waals surface area contributed by atoms with Crippen molar-refractivity contribution in [2.45, 2.75) is 19.3 Å². The summed E-state index contributed by atoms with van der Waals surface area (Å²) in [4.78, 5) is 19.5. The number of pyridine rings is 1. The molecule has 0 saturated carbocycles. The number of nitrogens with zero attached hydrogens (tertiary/aromatic N) is 4. The number of rotatable bonds is 5. The van der Waals surface area contributed by atoms with Crippen LogP contribution in [0, 0.1) is 0 Å². The molecule has 0 radical (unpaired) electrons. The summed E-state index contributed by atoms with van der Waals surface area (Å²) >= 11 is 0. The molecular formula is C41H30N4. The zero-order valence-corrected chi connectivity index (χ0v) is 25.1. The molecular weight excluding hydrogens is 548 g/mol. The molecule has 0 amide bonds. The average molecular weight is 579 g/mol. The van der Waals surface area contributed by atoms with Crippen molar-refractivity contribution in [1.82, 2.24) is 19.9 Å². The van der Waals surface area contributed by atoms with Crippen molar-refractivity contribution in [3.05, 3.63) is 157 Å². The van der Waals surface area contributed by atoms with Crippen molar-refractivity contribution in [2.75, 3.05) is 0 Å². The number of fused-ring (bicyclic) bond motifs is 3. The van der Waals surface area contributed by atoms with Crippen molar-refractivity contribution >= 4 is 0 Å². The Kier molecular flexibility index (Phi) is 6.42. The van der Waals surface area contributed by atoms with Crippen LogP contribution in [0.3, 0.4) is 0 Å². The van der Waals surface area contributed by atoms with Crippen LogP contribution in [0.5, 0.6) is 0 Å². The van der Waals surface area contributed by atoms with Crippen LogP contribution >= 0.6 is 0 Å². The van der Waals surface area contributed by atoms with Crippen LogP contribution in [0.1, 0.15) is 25.0 Å². The van der Waals surface area contributed by atoms with Crippen LogP contribution in [-0.4, -0.2) is 19.9 Å². The van der Waals surface area contributed by atoms with Crippen molar-refractivity contribution < 1.29 is 0 Å². The van der Waals surface area contributed by atoms with E-state index in [0.717, 1.165) is 38.9 Å². The largest absolute Gasteiger partial charge is 0.264 e. The van der Waals surface area contributed by atoms with Crippen LogP contribution in [-0.2, 0) is 5.41 Å². The summed E-state index contributed by atoms with van der Waals surface area (Å²) in [5.74, 6) is 1.94. The zero-order valence-electron chi connectivity index (χ0n) is 25.1. The summed E-state index contributed by atoms with van der Waals surface area (Å²) in [7, 11) is 0. The van der Waals surface area contributed by atoms with Gasteiger partial charge < -0.3 is 0 Å². The second-order valence-electron chi connectivity index (χ2n) is 12.0. The Balaban J connectivity index is 1.27. The maximum atomic E-state index is 5.09. The van der Waals surface area contributed by atoms with Crippen molar-refractivity contribution in [3.8, 4) is 67.5 Å². The number of benzene rings is 5. The van der Waals surface area contributed by atoms with Gasteiger partial charge in [-0.2, -0.15) is 0 Å². The summed E-state index contributed by atoms with van der Waals surface area (Å²) in [6.45, 7) is 4.59. The third kappa shape index (κ3) is 4.81. The molecule has 0 bridgehead atoms. The van der Waals surface area contributed by atoms with Crippen LogP contribution < -0.4 is 0 Å². The maximum Gasteiger partial charge on any atom is 0.164 e. The van der Waals surface area contributed by atoms with E-state index in [0.29, 0.717) is 17.5 Å². The highest BCUT2D eigenvalue weighted by Crippen LogP contribution is 2.49. The summed E-state index contributed by atoms with van der Waals surface area (Å²) < 4.78 is 0. The summed E-state index contributed by atoms with van der Waals surface area (Å²) in [5.41, 5.74) is 12.4. The highest BCUT2D eigenvalue weighted by Gasteiger charge is 2.35. The molecule has 2 aromatic heterocycles. The lowest BCUT2D eigenvalue weighted by Gasteiger charge is -2.21. The third-order valence-corrected chi connectivity index (χ3v) is 8.84. The van der Waals surface area contributed by atoms with Crippen LogP contribution in [0.2, 0.25) is 0 Å². The van der Waals surface area contributed by atoms with E-state index >= 15 is 0 Å². The second-order valence-corrected chi connectivity index (χ2v) is 12.0. The predicted molar refractivity (Wildman–Crippen MR) is 182 cm³/mol. The lowest BCUT2D eigenvalue weighted by molar-refractivity contribution is 0.660. The van der Waals surface area contributed by atoms with E-state index in [2.05, 4.69) is 140 Å². The molecule has 4 heteroatoms. The first-order valence-electron chi connectivity index (χ1n) is 15.2. The van der Waals surface area contributed by atoms with Crippen molar-refractivity contribution in [1.29, 1.82) is 0 Å². The quantitative estimate of drug-likeness (QED) is 0.204. The molecule has 0 saturated heterocycles. The molecule has 5 aromatic carbocycles. The van der Waals surface area contributed by atoms with Gasteiger partial charge in [-0.25, -0.2) is 15.0 Å². The molecule has 0 aliphatic heterocycles. The molecule has 1 aliphatic rings. The molecule has 0 spiro atoms. The van der Waals surface area contributed by atoms with Gasteiger partial charge in [0.05, 0.1) is 0 Å². The summed E-state index contributed by atoms with van der Waals surface area (Å²) in [6, 6.07) is 46.5. The summed E-state index contributed by atoms with van der Waals surface area (Å²) in [5, 5.41) is 0. The number of hydrogen-bond donors (Lipinski definition) is 0. The zero-order chi connectivity index (χ0) is 30.4. The van der Waals surface area contributed by atoms with E-state index in [1.54, 1.807) is 6.20 Å². The Morgan fingerprint density at radius 3 is 1.71 bits per heavy atom. The Hall–Kier alpha value is -5.74. The fourth-order valence-electron chi connectivity index (χ4n) is 6.44. The van der Waals surface area contributed by atoms with E-state index in [-0.39, 0.29) is 5.41 Å². The molecule has 0 atom stereocenters. The van der Waals surface area contributed by atoms with Crippen LogP contribution in [0.15, 0.2) is 146 Å². The fraction of sp³-hybridized carbons (Fsp3) is 0.0732. The monoisotopic (exact) mass is 578 g/mol. The number of aromatic nitrogens is 4. The third-order valence-electron chi connectivity index (χ3n) is 8.84. The van der Waals surface area contributed by atoms with Gasteiger partial charge in [0, 0.05) is 34.5 Å². The maximum absolute atomic E-state index is 5.09. The molecule has 0 unspecified atom stereocenters. The SMILES string of the molecule is CC1(C)c2ccccc2-c2cc(-c3nc(-c4ccc(-c5cccnc5)cc4)nc(-c4cccc(-c5ccccc5)c4)n3)ccc21. The molecule has 7 aromatic rings. The lowest BCUT2D eigenvalue weighted by Crippen LogP contribution is -2.14. The fourth-order valence-corrected chi connectivity index (χ4v) is 6.44. The molecule has 8 rings (SSSR count). The van der Waals surface area contributed by atoms with Gasteiger partial charge in [0.1, 0.15) is 0 Å². The molecule has 0 fully saturated rings. The van der Waals surface area contributed by atoms with E-state index < -0.39 is 0 Å². The van der Waals surface area contributed by atoms with Gasteiger partial charge in [-0.15, -0.1) is 0 Å². The van der Waals surface area contributed by atoms with Gasteiger partial charge in [-0.1, -0.05) is 129 Å². The topological polar surface area (TPSA) is 51.6 Å². The number of hydrogen-bond acceptors (Lipinski definition) is 4. The molecule has 214 valence electrons. The van der Waals surface area contributed by atoms with Gasteiger partial charge in [-0.05, 0) is 62.7 Å². The minimum atomic E-state index is -0.0617. The summed E-state index contributed by atoms with van der Waals surface area (Å²) in [6.07, 6.45) is 3.66. The Bertz CT molecular complexity index is 2170. The molecule has 1 aliphatic carbocycles. The van der Waals surface area contributed by atoms with Gasteiger partial charge in [-0.3, -0.25) is 4.98 Å². The molecule has 0 N–H and O–H groups in total. The van der Waals surface area contributed by atoms with Crippen LogP contribution in [0.25, 0.3) is 67.5 Å². The van der Waals surface area contributed by atoms with Crippen molar-refractivity contribution in [3.63, 3.8) is 0 Å². The standard InChI is InChI=1S/C41H30N4/c1-41(2)36-16-7-6-15-34(36)35-25-32(21-22-37(35)41)40-44-38(29-19-17-28(18-20-29)33-14-9-23-42-26-33)43-39(45-40)31-13-8-12-30(24-31)27-10-4-3-5-11-27/h3-26H,1-2H3. The Labute approximate surface area is 263 Å². The van der Waals surface area contributed by atoms with Crippen LogP contribution in [0.4, 0.5) is 0 Å². The minimum absolute atomic E-state index is 0.0617. The smallest absolute Gasteiger partial charge is 0.164 e. The van der Waals surface area contributed by atoms with Gasteiger partial charge in [0.25, 0.3) is 0 Å². The van der Waals surface area contributed by atoms with Crippen molar-refractivity contribution in [2.24, 2.45) is 0 Å². The lowest BCUT2D eigenvalue weighted by atomic mass is 9.82. The normalized spacial score (nSPS) is 12.8. The molecule has 45 heavy (non-hydrogen) atoms. The first kappa shape index (κ1) is 26.9. The first-order valence-corrected chi connectivity index (χ1v) is 15.2. The van der Waals surface area contributed by atoms with E-state index in [1.165, 1.54) is 22.3 Å². The van der Waals surface area contributed by atoms with E-state index in [1.807, 2.05) is 18.3 Å². The molecule has 2 heterocycles. The van der Waals surface area contributed by atoms with Gasteiger partial charge in [0.15, 0.2) is 17.5 Å². The first-order chi connectivity index (χ1) is 22.0. The van der Waals surface area contributed by atoms with Gasteiger partial charge >= 0.3 is 0 Å². The van der Waals surface area contributed by atoms with Gasteiger partial charge in [0.2, 0.25) is 0 Å². The predicted octanol–water partition coefficient (Wildman–Crippen LogP) is 9.91.